The van der Waals surface area contributed by atoms with Gasteiger partial charge in [-0.2, -0.15) is 5.10 Å². The molecule has 0 aliphatic rings. The number of sulfonamides is 1. The first-order valence-corrected chi connectivity index (χ1v) is 13.4. The first-order valence-electron chi connectivity index (χ1n) is 12.0. The van der Waals surface area contributed by atoms with E-state index in [1.165, 1.54) is 47.7 Å². The van der Waals surface area contributed by atoms with Crippen molar-refractivity contribution in [2.75, 3.05) is 10.8 Å². The van der Waals surface area contributed by atoms with E-state index in [1.807, 2.05) is 19.9 Å². The summed E-state index contributed by atoms with van der Waals surface area (Å²) in [6, 6.07) is 21.2. The Morgan fingerprint density at radius 3 is 2.32 bits per heavy atom. The summed E-state index contributed by atoms with van der Waals surface area (Å²) in [6.07, 6.45) is 1.51. The predicted molar refractivity (Wildman–Crippen MR) is 148 cm³/mol. The van der Waals surface area contributed by atoms with Crippen molar-refractivity contribution in [3.05, 3.63) is 113 Å². The molecule has 4 aromatic rings. The second kappa shape index (κ2) is 11.0. The topological polar surface area (TPSA) is 83.8 Å². The van der Waals surface area contributed by atoms with E-state index >= 15 is 0 Å². The van der Waals surface area contributed by atoms with Crippen LogP contribution < -0.4 is 9.73 Å². The number of halogens is 1. The average molecular weight is 533 g/mol. The molecule has 0 saturated carbocycles. The number of hydrogen-bond acceptors (Lipinski definition) is 4. The first-order chi connectivity index (χ1) is 18.1. The Labute approximate surface area is 222 Å². The number of rotatable bonds is 8. The highest BCUT2D eigenvalue weighted by molar-refractivity contribution is 7.92. The van der Waals surface area contributed by atoms with Crippen molar-refractivity contribution in [2.24, 2.45) is 5.10 Å². The van der Waals surface area contributed by atoms with Gasteiger partial charge in [-0.1, -0.05) is 36.4 Å². The third-order valence-corrected chi connectivity index (χ3v) is 8.13. The third kappa shape index (κ3) is 5.52. The number of carbonyl (C=O) groups is 1. The van der Waals surface area contributed by atoms with Crippen molar-refractivity contribution < 1.29 is 17.6 Å². The number of nitrogens with zero attached hydrogens (tertiary/aromatic N) is 3. The molecule has 1 N–H and O–H groups in total. The van der Waals surface area contributed by atoms with Crippen molar-refractivity contribution in [3.8, 4) is 5.69 Å². The van der Waals surface area contributed by atoms with Crippen LogP contribution in [-0.4, -0.2) is 31.7 Å². The number of anilines is 1. The molecule has 0 aliphatic heterocycles. The molecule has 3 aromatic carbocycles. The Hall–Kier alpha value is -4.24. The number of aryl methyl sites for hydroxylation is 3. The summed E-state index contributed by atoms with van der Waals surface area (Å²) >= 11 is 0. The third-order valence-electron chi connectivity index (χ3n) is 6.35. The zero-order chi connectivity index (χ0) is 27.4. The van der Waals surface area contributed by atoms with Gasteiger partial charge < -0.3 is 4.57 Å². The lowest BCUT2D eigenvalue weighted by Crippen LogP contribution is -2.40. The van der Waals surface area contributed by atoms with Gasteiger partial charge in [0.25, 0.3) is 15.9 Å². The molecule has 0 fully saturated rings. The van der Waals surface area contributed by atoms with E-state index in [2.05, 4.69) is 47.1 Å². The molecular weight excluding hydrogens is 503 g/mol. The molecule has 38 heavy (non-hydrogen) atoms. The molecule has 0 bridgehead atoms. The Balaban J connectivity index is 1.56. The fourth-order valence-electron chi connectivity index (χ4n) is 4.19. The van der Waals surface area contributed by atoms with Gasteiger partial charge in [-0.15, -0.1) is 0 Å². The van der Waals surface area contributed by atoms with Gasteiger partial charge in [0.1, 0.15) is 12.4 Å². The minimum Gasteiger partial charge on any atom is -0.318 e. The molecule has 0 radical (unpaired) electrons. The molecule has 0 aliphatic carbocycles. The molecule has 1 heterocycles. The lowest BCUT2D eigenvalue weighted by atomic mass is 10.1. The van der Waals surface area contributed by atoms with E-state index in [0.717, 1.165) is 33.0 Å². The lowest BCUT2D eigenvalue weighted by molar-refractivity contribution is -0.119. The van der Waals surface area contributed by atoms with Gasteiger partial charge in [-0.05, 0) is 81.3 Å². The summed E-state index contributed by atoms with van der Waals surface area (Å²) in [5.74, 6) is -1.48. The van der Waals surface area contributed by atoms with E-state index in [0.29, 0.717) is 0 Å². The van der Waals surface area contributed by atoms with E-state index in [4.69, 9.17) is 0 Å². The second-order valence-corrected chi connectivity index (χ2v) is 10.9. The summed E-state index contributed by atoms with van der Waals surface area (Å²) in [4.78, 5) is 12.7. The van der Waals surface area contributed by atoms with Crippen LogP contribution in [0, 0.1) is 33.5 Å². The molecule has 9 heteroatoms. The maximum absolute atomic E-state index is 14.6. The van der Waals surface area contributed by atoms with Crippen LogP contribution in [-0.2, 0) is 14.8 Å². The summed E-state index contributed by atoms with van der Waals surface area (Å²) in [5.41, 5.74) is 8.29. The Bertz CT molecular complexity index is 1610. The number of amides is 1. The lowest BCUT2D eigenvalue weighted by Gasteiger charge is -2.24. The molecule has 0 spiro atoms. The van der Waals surface area contributed by atoms with Gasteiger partial charge in [0.05, 0.1) is 16.8 Å². The zero-order valence-electron chi connectivity index (χ0n) is 21.6. The standard InChI is InChI=1S/C29H29FN4O3S/c1-20-14-15-25(16-21(20)2)34-22(3)17-24(23(34)4)18-31-32-29(35)19-33(28-13-9-8-12-27(28)30)38(36,37)26-10-6-5-7-11-26/h5-18H,19H2,1-4H3,(H,32,35)/b31-18-. The van der Waals surface area contributed by atoms with Crippen LogP contribution in [0.5, 0.6) is 0 Å². The Morgan fingerprint density at radius 2 is 1.63 bits per heavy atom. The summed E-state index contributed by atoms with van der Waals surface area (Å²) in [7, 11) is -4.22. The smallest absolute Gasteiger partial charge is 0.264 e. The number of nitrogens with one attached hydrogen (secondary N) is 1. The quantitative estimate of drug-likeness (QED) is 0.250. The fraction of sp³-hybridized carbons (Fsp3) is 0.172. The molecule has 4 rings (SSSR count). The molecule has 7 nitrogen and oxygen atoms in total. The van der Waals surface area contributed by atoms with Crippen LogP contribution in [0.4, 0.5) is 10.1 Å². The van der Waals surface area contributed by atoms with Crippen LogP contribution in [0.25, 0.3) is 5.69 Å². The number of aromatic nitrogens is 1. The minimum absolute atomic E-state index is 0.0571. The van der Waals surface area contributed by atoms with Crippen LogP contribution in [0.3, 0.4) is 0 Å². The largest absolute Gasteiger partial charge is 0.318 e. The van der Waals surface area contributed by atoms with E-state index in [1.54, 1.807) is 18.2 Å². The fourth-order valence-corrected chi connectivity index (χ4v) is 5.64. The average Bonchev–Trinajstić information content (AvgIpc) is 3.18. The Morgan fingerprint density at radius 1 is 0.947 bits per heavy atom. The van der Waals surface area contributed by atoms with Gasteiger partial charge in [0, 0.05) is 22.6 Å². The number of hydrogen-bond donors (Lipinski definition) is 1. The molecular formula is C29H29FN4O3S. The summed E-state index contributed by atoms with van der Waals surface area (Å²) in [5, 5.41) is 4.05. The maximum Gasteiger partial charge on any atom is 0.264 e. The van der Waals surface area contributed by atoms with Crippen molar-refractivity contribution in [3.63, 3.8) is 0 Å². The normalized spacial score (nSPS) is 11.6. The molecule has 0 atom stereocenters. The molecule has 196 valence electrons. The first kappa shape index (κ1) is 26.8. The van der Waals surface area contributed by atoms with E-state index in [9.17, 15) is 17.6 Å². The number of para-hydroxylation sites is 1. The molecule has 0 saturated heterocycles. The van der Waals surface area contributed by atoms with Gasteiger partial charge >= 0.3 is 0 Å². The van der Waals surface area contributed by atoms with Crippen molar-refractivity contribution in [1.29, 1.82) is 0 Å². The minimum atomic E-state index is -4.22. The molecule has 0 unspecified atom stereocenters. The van der Waals surface area contributed by atoms with Crippen molar-refractivity contribution >= 4 is 27.8 Å². The van der Waals surface area contributed by atoms with E-state index in [-0.39, 0.29) is 10.6 Å². The predicted octanol–water partition coefficient (Wildman–Crippen LogP) is 5.20. The Kier molecular flexibility index (Phi) is 7.78. The van der Waals surface area contributed by atoms with E-state index < -0.39 is 28.3 Å². The SMILES string of the molecule is Cc1ccc(-n2c(C)cc(/C=N\NC(=O)CN(c3ccccc3F)S(=O)(=O)c3ccccc3)c2C)cc1C. The monoisotopic (exact) mass is 532 g/mol. The summed E-state index contributed by atoms with van der Waals surface area (Å²) in [6.45, 7) is 7.41. The molecule has 1 aromatic heterocycles. The van der Waals surface area contributed by atoms with Gasteiger partial charge in [-0.3, -0.25) is 9.10 Å². The zero-order valence-corrected chi connectivity index (χ0v) is 22.5. The van der Waals surface area contributed by atoms with Crippen LogP contribution in [0.1, 0.15) is 28.1 Å². The summed E-state index contributed by atoms with van der Waals surface area (Å²) < 4.78 is 44.1. The van der Waals surface area contributed by atoms with Gasteiger partial charge in [0.2, 0.25) is 0 Å². The maximum atomic E-state index is 14.6. The highest BCUT2D eigenvalue weighted by Gasteiger charge is 2.29. The molecule has 1 amide bonds. The van der Waals surface area contributed by atoms with Crippen LogP contribution in [0.15, 0.2) is 88.9 Å². The number of carbonyl (C=O) groups excluding carboxylic acids is 1. The van der Waals surface area contributed by atoms with Crippen LogP contribution >= 0.6 is 0 Å². The van der Waals surface area contributed by atoms with Gasteiger partial charge in [-0.25, -0.2) is 18.2 Å². The number of hydrazone groups is 1. The van der Waals surface area contributed by atoms with Crippen LogP contribution in [0.2, 0.25) is 0 Å². The second-order valence-electron chi connectivity index (χ2n) is 9.00. The highest BCUT2D eigenvalue weighted by atomic mass is 32.2. The van der Waals surface area contributed by atoms with Crippen molar-refractivity contribution in [1.82, 2.24) is 9.99 Å². The number of benzene rings is 3. The van der Waals surface area contributed by atoms with Gasteiger partial charge in [0.15, 0.2) is 0 Å². The van der Waals surface area contributed by atoms with Crippen molar-refractivity contribution in [2.45, 2.75) is 32.6 Å². The highest BCUT2D eigenvalue weighted by Crippen LogP contribution is 2.26.